The van der Waals surface area contributed by atoms with E-state index in [1.807, 2.05) is 6.07 Å². The number of benzene rings is 1. The van der Waals surface area contributed by atoms with Gasteiger partial charge in [-0.3, -0.25) is 4.90 Å². The maximum absolute atomic E-state index is 11.3. The number of rotatable bonds is 2. The number of hydrogen-bond donors (Lipinski definition) is 1. The lowest BCUT2D eigenvalue weighted by atomic mass is 9.92. The van der Waals surface area contributed by atoms with Crippen LogP contribution in [-0.2, 0) is 13.0 Å². The molecule has 3 nitrogen and oxygen atoms in total. The largest absolute Gasteiger partial charge is 0.478 e. The molecule has 1 aromatic carbocycles. The quantitative estimate of drug-likeness (QED) is 0.909. The summed E-state index contributed by atoms with van der Waals surface area (Å²) in [5.74, 6) is 0.488. The highest BCUT2D eigenvalue weighted by Crippen LogP contribution is 2.32. The fourth-order valence-electron chi connectivity index (χ4n) is 3.50. The fraction of sp³-hybridized carbons (Fsp3) is 0.562. The van der Waals surface area contributed by atoms with Gasteiger partial charge >= 0.3 is 5.97 Å². The molecule has 20 heavy (non-hydrogen) atoms. The minimum Gasteiger partial charge on any atom is -0.478 e. The molecule has 0 bridgehead atoms. The monoisotopic (exact) mass is 291 g/mol. The molecule has 0 radical (unpaired) electrons. The van der Waals surface area contributed by atoms with Crippen LogP contribution >= 0.6 is 11.8 Å². The summed E-state index contributed by atoms with van der Waals surface area (Å²) in [5.41, 5.74) is 2.75. The molecule has 0 aromatic heterocycles. The Morgan fingerprint density at radius 2 is 2.30 bits per heavy atom. The molecule has 1 N–H and O–H groups in total. The second kappa shape index (κ2) is 5.78. The van der Waals surface area contributed by atoms with E-state index in [1.54, 1.807) is 6.07 Å². The summed E-state index contributed by atoms with van der Waals surface area (Å²) in [6, 6.07) is 6.35. The minimum atomic E-state index is -0.795. The Morgan fingerprint density at radius 3 is 3.05 bits per heavy atom. The van der Waals surface area contributed by atoms with Crippen molar-refractivity contribution in [3.05, 3.63) is 34.9 Å². The van der Waals surface area contributed by atoms with E-state index in [0.717, 1.165) is 25.1 Å². The van der Waals surface area contributed by atoms with Crippen LogP contribution in [0.25, 0.3) is 0 Å². The molecule has 2 unspecified atom stereocenters. The average molecular weight is 291 g/mol. The van der Waals surface area contributed by atoms with E-state index in [0.29, 0.717) is 16.9 Å². The van der Waals surface area contributed by atoms with Gasteiger partial charge in [-0.15, -0.1) is 0 Å². The predicted molar refractivity (Wildman–Crippen MR) is 82.5 cm³/mol. The number of carboxylic acid groups (broad SMARTS) is 1. The van der Waals surface area contributed by atoms with Crippen molar-refractivity contribution in [2.45, 2.75) is 44.0 Å². The van der Waals surface area contributed by atoms with Crippen LogP contribution in [0.15, 0.2) is 18.2 Å². The average Bonchev–Trinajstić information content (AvgIpc) is 2.46. The van der Waals surface area contributed by atoms with Crippen LogP contribution in [0, 0.1) is 0 Å². The van der Waals surface area contributed by atoms with Crippen molar-refractivity contribution in [2.24, 2.45) is 0 Å². The molecule has 1 fully saturated rings. The zero-order chi connectivity index (χ0) is 14.1. The molecule has 2 heterocycles. The Morgan fingerprint density at radius 1 is 1.45 bits per heavy atom. The normalized spacial score (nSPS) is 27.1. The van der Waals surface area contributed by atoms with E-state index < -0.39 is 5.97 Å². The fourth-order valence-corrected chi connectivity index (χ4v) is 4.74. The van der Waals surface area contributed by atoms with Crippen LogP contribution in [0.3, 0.4) is 0 Å². The molecule has 1 aromatic rings. The van der Waals surface area contributed by atoms with Gasteiger partial charge in [-0.25, -0.2) is 4.79 Å². The van der Waals surface area contributed by atoms with E-state index in [4.69, 9.17) is 0 Å². The summed E-state index contributed by atoms with van der Waals surface area (Å²) in [6.45, 7) is 4.23. The molecule has 0 aliphatic carbocycles. The van der Waals surface area contributed by atoms with Crippen molar-refractivity contribution < 1.29 is 9.90 Å². The van der Waals surface area contributed by atoms with E-state index in [-0.39, 0.29) is 0 Å². The van der Waals surface area contributed by atoms with Gasteiger partial charge in [-0.05, 0) is 42.2 Å². The maximum Gasteiger partial charge on any atom is 0.335 e. The van der Waals surface area contributed by atoms with Crippen LogP contribution in [0.2, 0.25) is 0 Å². The molecule has 2 aliphatic heterocycles. The van der Waals surface area contributed by atoms with Crippen molar-refractivity contribution in [1.82, 2.24) is 4.90 Å². The smallest absolute Gasteiger partial charge is 0.335 e. The van der Waals surface area contributed by atoms with Gasteiger partial charge in [-0.2, -0.15) is 11.8 Å². The van der Waals surface area contributed by atoms with E-state index in [9.17, 15) is 9.90 Å². The third-order valence-corrected chi connectivity index (χ3v) is 5.93. The molecule has 0 amide bonds. The lowest BCUT2D eigenvalue weighted by molar-refractivity contribution is 0.0694. The SMILES string of the molecule is CC1SCCCC1N1CCc2c(cccc2C(=O)O)C1. The predicted octanol–water partition coefficient (Wildman–Crippen LogP) is 3.03. The maximum atomic E-state index is 11.3. The Balaban J connectivity index is 1.82. The summed E-state index contributed by atoms with van der Waals surface area (Å²) in [6.07, 6.45) is 3.45. The molecular weight excluding hydrogens is 270 g/mol. The summed E-state index contributed by atoms with van der Waals surface area (Å²) >= 11 is 2.07. The van der Waals surface area contributed by atoms with Crippen LogP contribution in [0.4, 0.5) is 0 Å². The minimum absolute atomic E-state index is 0.494. The number of fused-ring (bicyclic) bond motifs is 1. The number of thioether (sulfide) groups is 1. The summed E-state index contributed by atoms with van der Waals surface area (Å²) in [4.78, 5) is 13.9. The highest BCUT2D eigenvalue weighted by atomic mass is 32.2. The second-order valence-corrected chi connectivity index (χ2v) is 7.24. The number of carboxylic acids is 1. The molecule has 2 aliphatic rings. The van der Waals surface area contributed by atoms with Crippen LogP contribution in [-0.4, -0.2) is 39.6 Å². The first-order chi connectivity index (χ1) is 9.66. The first-order valence-electron chi connectivity index (χ1n) is 7.36. The van der Waals surface area contributed by atoms with Crippen molar-refractivity contribution >= 4 is 17.7 Å². The Bertz CT molecular complexity index is 517. The molecule has 108 valence electrons. The topological polar surface area (TPSA) is 40.5 Å². The molecule has 0 spiro atoms. The standard InChI is InChI=1S/C16H21NO2S/c1-11-15(6-3-9-20-11)17-8-7-13-12(10-17)4-2-5-14(13)16(18)19/h2,4-5,11,15H,3,6-10H2,1H3,(H,18,19). The van der Waals surface area contributed by atoms with Crippen LogP contribution in [0.5, 0.6) is 0 Å². The van der Waals surface area contributed by atoms with Gasteiger partial charge in [0, 0.05) is 24.4 Å². The van der Waals surface area contributed by atoms with Crippen LogP contribution < -0.4 is 0 Å². The van der Waals surface area contributed by atoms with Crippen molar-refractivity contribution in [2.75, 3.05) is 12.3 Å². The summed E-state index contributed by atoms with van der Waals surface area (Å²) in [5, 5.41) is 9.97. The summed E-state index contributed by atoms with van der Waals surface area (Å²) < 4.78 is 0. The van der Waals surface area contributed by atoms with E-state index in [1.165, 1.54) is 24.2 Å². The van der Waals surface area contributed by atoms with E-state index in [2.05, 4.69) is 29.7 Å². The second-order valence-electron chi connectivity index (χ2n) is 5.75. The zero-order valence-corrected chi connectivity index (χ0v) is 12.7. The number of aromatic carboxylic acids is 1. The van der Waals surface area contributed by atoms with Crippen molar-refractivity contribution in [1.29, 1.82) is 0 Å². The van der Waals surface area contributed by atoms with Gasteiger partial charge in [0.25, 0.3) is 0 Å². The highest BCUT2D eigenvalue weighted by Gasteiger charge is 2.30. The molecular formula is C16H21NO2S. The Kier molecular flexibility index (Phi) is 4.03. The molecule has 3 rings (SSSR count). The van der Waals surface area contributed by atoms with Crippen molar-refractivity contribution in [3.8, 4) is 0 Å². The Labute approximate surface area is 124 Å². The molecule has 1 saturated heterocycles. The third-order valence-electron chi connectivity index (χ3n) is 4.56. The van der Waals surface area contributed by atoms with Gasteiger partial charge in [0.15, 0.2) is 0 Å². The molecule has 4 heteroatoms. The van der Waals surface area contributed by atoms with Gasteiger partial charge in [0.2, 0.25) is 0 Å². The number of carbonyl (C=O) groups is 1. The van der Waals surface area contributed by atoms with Gasteiger partial charge in [0.1, 0.15) is 0 Å². The lowest BCUT2D eigenvalue weighted by Crippen LogP contribution is -2.45. The number of nitrogens with zero attached hydrogens (tertiary/aromatic N) is 1. The van der Waals surface area contributed by atoms with E-state index >= 15 is 0 Å². The van der Waals surface area contributed by atoms with Crippen molar-refractivity contribution in [3.63, 3.8) is 0 Å². The highest BCUT2D eigenvalue weighted by molar-refractivity contribution is 7.99. The van der Waals surface area contributed by atoms with Gasteiger partial charge in [-0.1, -0.05) is 19.1 Å². The number of hydrogen-bond acceptors (Lipinski definition) is 3. The van der Waals surface area contributed by atoms with Gasteiger partial charge < -0.3 is 5.11 Å². The van der Waals surface area contributed by atoms with Gasteiger partial charge in [0.05, 0.1) is 5.56 Å². The lowest BCUT2D eigenvalue weighted by Gasteiger charge is -2.41. The first-order valence-corrected chi connectivity index (χ1v) is 8.41. The molecule has 0 saturated carbocycles. The summed E-state index contributed by atoms with van der Waals surface area (Å²) in [7, 11) is 0. The Hall–Kier alpha value is -1.00. The molecule has 2 atom stereocenters. The zero-order valence-electron chi connectivity index (χ0n) is 11.8. The van der Waals surface area contributed by atoms with Crippen LogP contribution in [0.1, 0.15) is 41.3 Å². The first kappa shape index (κ1) is 14.0. The third kappa shape index (κ3) is 2.59.